The Kier molecular flexibility index (Phi) is 6.23. The maximum atomic E-state index is 13.0. The van der Waals surface area contributed by atoms with Crippen LogP contribution < -0.4 is 11.1 Å². The van der Waals surface area contributed by atoms with Gasteiger partial charge in [-0.25, -0.2) is 4.79 Å². The van der Waals surface area contributed by atoms with Crippen LogP contribution in [0.1, 0.15) is 21.2 Å². The fourth-order valence-electron chi connectivity index (χ4n) is 2.60. The lowest BCUT2D eigenvalue weighted by Gasteiger charge is -2.17. The van der Waals surface area contributed by atoms with Gasteiger partial charge in [-0.1, -0.05) is 48.0 Å². The van der Waals surface area contributed by atoms with Crippen LogP contribution in [0.5, 0.6) is 0 Å². The zero-order valence-electron chi connectivity index (χ0n) is 14.6. The van der Waals surface area contributed by atoms with Crippen molar-refractivity contribution < 1.29 is 14.7 Å². The summed E-state index contributed by atoms with van der Waals surface area (Å²) in [6.45, 7) is 0. The highest BCUT2D eigenvalue weighted by atomic mass is 35.5. The number of anilines is 2. The SMILES string of the molecule is Nc1cccc(SC(C(=O)Nc2ccc(Cl)c(C(=O)O)c2)c2ccccc2)c1. The average molecular weight is 413 g/mol. The first-order valence-electron chi connectivity index (χ1n) is 8.35. The molecule has 0 aliphatic rings. The number of thioether (sulfide) groups is 1. The standard InChI is InChI=1S/C21H17ClN2O3S/c22-18-10-9-15(12-17(18)21(26)27)24-20(25)19(13-5-2-1-3-6-13)28-16-8-4-7-14(23)11-16/h1-12,19H,23H2,(H,24,25)(H,26,27). The number of nitrogens with one attached hydrogen (secondary N) is 1. The number of nitrogens with two attached hydrogens (primary N) is 1. The Morgan fingerprint density at radius 1 is 1.00 bits per heavy atom. The highest BCUT2D eigenvalue weighted by Gasteiger charge is 2.23. The van der Waals surface area contributed by atoms with Crippen molar-refractivity contribution in [3.63, 3.8) is 0 Å². The number of carbonyl (C=O) groups is 2. The molecule has 0 radical (unpaired) electrons. The molecule has 7 heteroatoms. The summed E-state index contributed by atoms with van der Waals surface area (Å²) < 4.78 is 0. The smallest absolute Gasteiger partial charge is 0.337 e. The second kappa shape index (κ2) is 8.82. The molecular weight excluding hydrogens is 396 g/mol. The van der Waals surface area contributed by atoms with Crippen LogP contribution in [0.4, 0.5) is 11.4 Å². The number of carboxylic acids is 1. The molecule has 0 saturated heterocycles. The molecule has 3 aromatic carbocycles. The molecule has 0 bridgehead atoms. The van der Waals surface area contributed by atoms with E-state index in [4.69, 9.17) is 17.3 Å². The summed E-state index contributed by atoms with van der Waals surface area (Å²) in [6, 6.07) is 21.0. The van der Waals surface area contributed by atoms with Crippen LogP contribution in [-0.4, -0.2) is 17.0 Å². The summed E-state index contributed by atoms with van der Waals surface area (Å²) >= 11 is 7.26. The first-order valence-corrected chi connectivity index (χ1v) is 9.60. The molecule has 1 atom stereocenters. The molecule has 0 aliphatic heterocycles. The summed E-state index contributed by atoms with van der Waals surface area (Å²) in [4.78, 5) is 25.2. The first kappa shape index (κ1) is 19.8. The van der Waals surface area contributed by atoms with Crippen molar-refractivity contribution in [2.24, 2.45) is 0 Å². The highest BCUT2D eigenvalue weighted by Crippen LogP contribution is 2.37. The molecule has 0 heterocycles. The molecule has 1 amide bonds. The Hall–Kier alpha value is -2.96. The molecule has 28 heavy (non-hydrogen) atoms. The van der Waals surface area contributed by atoms with Crippen molar-refractivity contribution in [3.8, 4) is 0 Å². The van der Waals surface area contributed by atoms with Gasteiger partial charge in [0.1, 0.15) is 5.25 Å². The minimum atomic E-state index is -1.16. The van der Waals surface area contributed by atoms with Gasteiger partial charge in [0.05, 0.1) is 10.6 Å². The Morgan fingerprint density at radius 2 is 1.75 bits per heavy atom. The second-order valence-corrected chi connectivity index (χ2v) is 7.56. The molecule has 0 saturated carbocycles. The van der Waals surface area contributed by atoms with Crippen LogP contribution in [0.25, 0.3) is 0 Å². The monoisotopic (exact) mass is 412 g/mol. The third-order valence-electron chi connectivity index (χ3n) is 3.92. The third kappa shape index (κ3) is 4.85. The summed E-state index contributed by atoms with van der Waals surface area (Å²) in [5.41, 5.74) is 7.57. The number of amides is 1. The quantitative estimate of drug-likeness (QED) is 0.387. The summed E-state index contributed by atoms with van der Waals surface area (Å²) in [6.07, 6.45) is 0. The van der Waals surface area contributed by atoms with Crippen molar-refractivity contribution in [3.05, 3.63) is 88.9 Å². The zero-order chi connectivity index (χ0) is 20.1. The van der Waals surface area contributed by atoms with E-state index in [1.807, 2.05) is 42.5 Å². The molecule has 0 aliphatic carbocycles. The molecule has 3 aromatic rings. The average Bonchev–Trinajstić information content (AvgIpc) is 2.68. The largest absolute Gasteiger partial charge is 0.478 e. The predicted molar refractivity (Wildman–Crippen MR) is 113 cm³/mol. The Morgan fingerprint density at radius 3 is 2.43 bits per heavy atom. The number of halogens is 1. The van der Waals surface area contributed by atoms with Crippen LogP contribution in [0.15, 0.2) is 77.7 Å². The van der Waals surface area contributed by atoms with Gasteiger partial charge in [0.25, 0.3) is 0 Å². The maximum absolute atomic E-state index is 13.0. The van der Waals surface area contributed by atoms with E-state index in [-0.39, 0.29) is 16.5 Å². The van der Waals surface area contributed by atoms with Crippen molar-refractivity contribution in [1.29, 1.82) is 0 Å². The highest BCUT2D eigenvalue weighted by molar-refractivity contribution is 8.00. The first-order chi connectivity index (χ1) is 13.4. The number of nitrogen functional groups attached to an aromatic ring is 1. The van der Waals surface area contributed by atoms with Gasteiger partial charge >= 0.3 is 5.97 Å². The minimum absolute atomic E-state index is 0.0702. The van der Waals surface area contributed by atoms with E-state index in [2.05, 4.69) is 5.32 Å². The van der Waals surface area contributed by atoms with Gasteiger partial charge < -0.3 is 16.2 Å². The number of rotatable bonds is 6. The van der Waals surface area contributed by atoms with Crippen molar-refractivity contribution >= 4 is 46.6 Å². The van der Waals surface area contributed by atoms with E-state index in [1.165, 1.54) is 23.9 Å². The second-order valence-electron chi connectivity index (χ2n) is 5.97. The third-order valence-corrected chi connectivity index (χ3v) is 5.49. The molecule has 0 aromatic heterocycles. The molecule has 0 spiro atoms. The number of hydrogen-bond acceptors (Lipinski definition) is 4. The topological polar surface area (TPSA) is 92.4 Å². The Labute approximate surface area is 171 Å². The summed E-state index contributed by atoms with van der Waals surface area (Å²) in [5, 5.41) is 11.6. The summed E-state index contributed by atoms with van der Waals surface area (Å²) in [7, 11) is 0. The van der Waals surface area contributed by atoms with Crippen molar-refractivity contribution in [2.45, 2.75) is 10.1 Å². The maximum Gasteiger partial charge on any atom is 0.337 e. The van der Waals surface area contributed by atoms with E-state index in [9.17, 15) is 14.7 Å². The number of carbonyl (C=O) groups excluding carboxylic acids is 1. The lowest BCUT2D eigenvalue weighted by molar-refractivity contribution is -0.115. The fourth-order valence-corrected chi connectivity index (χ4v) is 3.89. The van der Waals surface area contributed by atoms with Gasteiger partial charge in [-0.2, -0.15) is 0 Å². The predicted octanol–water partition coefficient (Wildman–Crippen LogP) is 5.09. The van der Waals surface area contributed by atoms with E-state index < -0.39 is 11.2 Å². The lowest BCUT2D eigenvalue weighted by Crippen LogP contribution is -2.19. The van der Waals surface area contributed by atoms with Gasteiger partial charge in [0.2, 0.25) is 5.91 Å². The van der Waals surface area contributed by atoms with Crippen LogP contribution in [0.2, 0.25) is 5.02 Å². The van der Waals surface area contributed by atoms with Crippen molar-refractivity contribution in [2.75, 3.05) is 11.1 Å². The van der Waals surface area contributed by atoms with E-state index in [0.717, 1.165) is 10.5 Å². The number of aromatic carboxylic acids is 1. The van der Waals surface area contributed by atoms with Gasteiger partial charge in [0, 0.05) is 16.3 Å². The molecule has 5 nitrogen and oxygen atoms in total. The normalized spacial score (nSPS) is 11.6. The van der Waals surface area contributed by atoms with Crippen molar-refractivity contribution in [1.82, 2.24) is 0 Å². The van der Waals surface area contributed by atoms with E-state index >= 15 is 0 Å². The molecular formula is C21H17ClN2O3S. The van der Waals surface area contributed by atoms with E-state index in [0.29, 0.717) is 11.4 Å². The fraction of sp³-hybridized carbons (Fsp3) is 0.0476. The van der Waals surface area contributed by atoms with Crippen LogP contribution in [0.3, 0.4) is 0 Å². The Bertz CT molecular complexity index is 1010. The van der Waals surface area contributed by atoms with Gasteiger partial charge in [0.15, 0.2) is 0 Å². The zero-order valence-corrected chi connectivity index (χ0v) is 16.2. The van der Waals surface area contributed by atoms with Crippen LogP contribution in [0, 0.1) is 0 Å². The van der Waals surface area contributed by atoms with Crippen LogP contribution in [-0.2, 0) is 4.79 Å². The number of benzene rings is 3. The van der Waals surface area contributed by atoms with E-state index in [1.54, 1.807) is 18.2 Å². The molecule has 3 rings (SSSR count). The van der Waals surface area contributed by atoms with Gasteiger partial charge in [-0.15, -0.1) is 11.8 Å². The van der Waals surface area contributed by atoms with Crippen LogP contribution >= 0.6 is 23.4 Å². The molecule has 142 valence electrons. The molecule has 0 fully saturated rings. The summed E-state index contributed by atoms with van der Waals surface area (Å²) in [5.74, 6) is -1.44. The minimum Gasteiger partial charge on any atom is -0.478 e. The molecule has 4 N–H and O–H groups in total. The van der Waals surface area contributed by atoms with Gasteiger partial charge in [-0.05, 0) is 42.0 Å². The van der Waals surface area contributed by atoms with Gasteiger partial charge in [-0.3, -0.25) is 4.79 Å². The number of carboxylic acid groups (broad SMARTS) is 1. The lowest BCUT2D eigenvalue weighted by atomic mass is 10.1. The Balaban J connectivity index is 1.89. The molecule has 1 unspecified atom stereocenters. The number of hydrogen-bond donors (Lipinski definition) is 3.